The second kappa shape index (κ2) is 9.34. The van der Waals surface area contributed by atoms with Crippen molar-refractivity contribution in [3.63, 3.8) is 0 Å². The van der Waals surface area contributed by atoms with Gasteiger partial charge in [-0.2, -0.15) is 0 Å². The fourth-order valence-electron chi connectivity index (χ4n) is 2.95. The zero-order valence-corrected chi connectivity index (χ0v) is 16.1. The highest BCUT2D eigenvalue weighted by atomic mass is 16.6. The zero-order valence-electron chi connectivity index (χ0n) is 16.1. The van der Waals surface area contributed by atoms with E-state index in [1.54, 1.807) is 6.07 Å². The maximum atomic E-state index is 12.2. The van der Waals surface area contributed by atoms with E-state index in [2.05, 4.69) is 12.2 Å². The fourth-order valence-corrected chi connectivity index (χ4v) is 2.95. The number of carbonyl (C=O) groups excluding carboxylic acids is 2. The van der Waals surface area contributed by atoms with Crippen LogP contribution in [0.3, 0.4) is 0 Å². The lowest BCUT2D eigenvalue weighted by Gasteiger charge is -2.31. The number of nitro benzene ring substituents is 1. The lowest BCUT2D eigenvalue weighted by molar-refractivity contribution is -0.384. The number of rotatable bonds is 7. The second-order valence-corrected chi connectivity index (χ2v) is 7.08. The topological polar surface area (TPSA) is 102 Å². The zero-order chi connectivity index (χ0) is 20.0. The minimum absolute atomic E-state index is 0.0103. The summed E-state index contributed by atoms with van der Waals surface area (Å²) in [6.45, 7) is 7.04. The van der Waals surface area contributed by atoms with E-state index in [9.17, 15) is 19.7 Å². The molecule has 1 fully saturated rings. The number of amides is 1. The molecule has 2 rings (SSSR count). The number of esters is 1. The molecule has 1 N–H and O–H groups in total. The molecule has 1 amide bonds. The SMILES string of the molecule is CCC(C)NC(=O)COC(=O)c1ccc(N2CCC(C)CC2)c([N+](=O)[O-])c1. The van der Waals surface area contributed by atoms with Crippen LogP contribution in [-0.2, 0) is 9.53 Å². The Bertz CT molecular complexity index is 699. The molecule has 1 saturated heterocycles. The Hall–Kier alpha value is -2.64. The molecule has 0 aromatic heterocycles. The third-order valence-corrected chi connectivity index (χ3v) is 4.89. The highest BCUT2D eigenvalue weighted by Gasteiger charge is 2.25. The quantitative estimate of drug-likeness (QED) is 0.445. The van der Waals surface area contributed by atoms with Crippen molar-refractivity contribution >= 4 is 23.3 Å². The number of nitro groups is 1. The molecular formula is C19H27N3O5. The van der Waals surface area contributed by atoms with E-state index < -0.39 is 23.4 Å². The van der Waals surface area contributed by atoms with Crippen LogP contribution < -0.4 is 10.2 Å². The van der Waals surface area contributed by atoms with E-state index >= 15 is 0 Å². The predicted octanol–water partition coefficient (Wildman–Crippen LogP) is 2.90. The van der Waals surface area contributed by atoms with Crippen molar-refractivity contribution in [1.82, 2.24) is 5.32 Å². The summed E-state index contributed by atoms with van der Waals surface area (Å²) in [6, 6.07) is 4.31. The Labute approximate surface area is 159 Å². The van der Waals surface area contributed by atoms with Crippen LogP contribution >= 0.6 is 0 Å². The van der Waals surface area contributed by atoms with E-state index in [0.717, 1.165) is 32.4 Å². The monoisotopic (exact) mass is 377 g/mol. The largest absolute Gasteiger partial charge is 0.452 e. The first-order valence-electron chi connectivity index (χ1n) is 9.31. The van der Waals surface area contributed by atoms with Crippen molar-refractivity contribution in [2.75, 3.05) is 24.6 Å². The maximum Gasteiger partial charge on any atom is 0.338 e. The maximum absolute atomic E-state index is 12.2. The Balaban J connectivity index is 2.07. The van der Waals surface area contributed by atoms with Gasteiger partial charge in [0, 0.05) is 25.2 Å². The minimum Gasteiger partial charge on any atom is -0.452 e. The van der Waals surface area contributed by atoms with Crippen molar-refractivity contribution in [2.45, 2.75) is 46.1 Å². The van der Waals surface area contributed by atoms with Gasteiger partial charge in [0.15, 0.2) is 6.61 Å². The van der Waals surface area contributed by atoms with Gasteiger partial charge >= 0.3 is 5.97 Å². The number of anilines is 1. The molecule has 1 heterocycles. The van der Waals surface area contributed by atoms with Crippen LogP contribution in [0.4, 0.5) is 11.4 Å². The van der Waals surface area contributed by atoms with E-state index in [4.69, 9.17) is 4.74 Å². The fraction of sp³-hybridized carbons (Fsp3) is 0.579. The molecule has 0 aliphatic carbocycles. The molecule has 0 bridgehead atoms. The molecule has 1 aromatic carbocycles. The number of hydrogen-bond donors (Lipinski definition) is 1. The Kier molecular flexibility index (Phi) is 7.15. The summed E-state index contributed by atoms with van der Waals surface area (Å²) in [6.07, 6.45) is 2.72. The van der Waals surface area contributed by atoms with Crippen LogP contribution in [0, 0.1) is 16.0 Å². The Morgan fingerprint density at radius 2 is 2.04 bits per heavy atom. The number of piperidine rings is 1. The molecule has 1 aliphatic rings. The lowest BCUT2D eigenvalue weighted by atomic mass is 9.98. The molecule has 1 unspecified atom stereocenters. The summed E-state index contributed by atoms with van der Waals surface area (Å²) in [5.41, 5.74) is 0.452. The summed E-state index contributed by atoms with van der Waals surface area (Å²) in [7, 11) is 0. The van der Waals surface area contributed by atoms with Gasteiger partial charge in [0.25, 0.3) is 11.6 Å². The first-order chi connectivity index (χ1) is 12.8. The number of nitrogens with zero attached hydrogens (tertiary/aromatic N) is 2. The molecule has 1 atom stereocenters. The number of benzene rings is 1. The number of carbonyl (C=O) groups is 2. The van der Waals surface area contributed by atoms with Gasteiger partial charge in [-0.15, -0.1) is 0 Å². The van der Waals surface area contributed by atoms with Gasteiger partial charge in [-0.1, -0.05) is 13.8 Å². The molecule has 148 valence electrons. The number of ether oxygens (including phenoxy) is 1. The molecule has 8 heteroatoms. The van der Waals surface area contributed by atoms with Crippen molar-refractivity contribution in [2.24, 2.45) is 5.92 Å². The third-order valence-electron chi connectivity index (χ3n) is 4.89. The van der Waals surface area contributed by atoms with Gasteiger partial charge in [-0.05, 0) is 44.2 Å². The molecule has 27 heavy (non-hydrogen) atoms. The summed E-state index contributed by atoms with van der Waals surface area (Å²) < 4.78 is 4.98. The van der Waals surface area contributed by atoms with E-state index in [1.165, 1.54) is 12.1 Å². The minimum atomic E-state index is -0.754. The van der Waals surface area contributed by atoms with Crippen molar-refractivity contribution in [3.05, 3.63) is 33.9 Å². The van der Waals surface area contributed by atoms with Crippen LogP contribution in [-0.4, -0.2) is 42.5 Å². The second-order valence-electron chi connectivity index (χ2n) is 7.08. The van der Waals surface area contributed by atoms with Gasteiger partial charge in [-0.3, -0.25) is 14.9 Å². The van der Waals surface area contributed by atoms with Gasteiger partial charge in [0.1, 0.15) is 5.69 Å². The molecule has 1 aliphatic heterocycles. The number of nitrogens with one attached hydrogen (secondary N) is 1. The third kappa shape index (κ3) is 5.67. The molecule has 0 spiro atoms. The predicted molar refractivity (Wildman–Crippen MR) is 102 cm³/mol. The normalized spacial score (nSPS) is 15.9. The van der Waals surface area contributed by atoms with E-state index in [-0.39, 0.29) is 17.3 Å². The van der Waals surface area contributed by atoms with Gasteiger partial charge < -0.3 is 15.0 Å². The van der Waals surface area contributed by atoms with Crippen molar-refractivity contribution in [3.8, 4) is 0 Å². The molecular weight excluding hydrogens is 350 g/mol. The van der Waals surface area contributed by atoms with Gasteiger partial charge in [0.05, 0.1) is 10.5 Å². The molecule has 1 aromatic rings. The highest BCUT2D eigenvalue weighted by Crippen LogP contribution is 2.32. The summed E-state index contributed by atoms with van der Waals surface area (Å²) in [5.74, 6) is -0.543. The molecule has 8 nitrogen and oxygen atoms in total. The molecule has 0 radical (unpaired) electrons. The van der Waals surface area contributed by atoms with Crippen LogP contribution in [0.25, 0.3) is 0 Å². The average molecular weight is 377 g/mol. The van der Waals surface area contributed by atoms with Crippen LogP contribution in [0.15, 0.2) is 18.2 Å². The van der Waals surface area contributed by atoms with Crippen molar-refractivity contribution < 1.29 is 19.2 Å². The van der Waals surface area contributed by atoms with Crippen LogP contribution in [0.1, 0.15) is 50.4 Å². The smallest absolute Gasteiger partial charge is 0.338 e. The van der Waals surface area contributed by atoms with E-state index in [1.807, 2.05) is 18.7 Å². The Morgan fingerprint density at radius 3 is 2.63 bits per heavy atom. The lowest BCUT2D eigenvalue weighted by Crippen LogP contribution is -2.35. The average Bonchev–Trinajstić information content (AvgIpc) is 2.66. The van der Waals surface area contributed by atoms with E-state index in [0.29, 0.717) is 11.6 Å². The number of hydrogen-bond acceptors (Lipinski definition) is 6. The van der Waals surface area contributed by atoms with Gasteiger partial charge in [-0.25, -0.2) is 4.79 Å². The van der Waals surface area contributed by atoms with Crippen LogP contribution in [0.2, 0.25) is 0 Å². The first-order valence-corrected chi connectivity index (χ1v) is 9.31. The first kappa shape index (κ1) is 20.7. The summed E-state index contributed by atoms with van der Waals surface area (Å²) in [5, 5.41) is 14.2. The Morgan fingerprint density at radius 1 is 1.37 bits per heavy atom. The molecule has 0 saturated carbocycles. The van der Waals surface area contributed by atoms with Crippen LogP contribution in [0.5, 0.6) is 0 Å². The highest BCUT2D eigenvalue weighted by molar-refractivity contribution is 5.93. The standard InChI is InChI=1S/C19H27N3O5/c1-4-14(3)20-18(23)12-27-19(24)15-5-6-16(17(11-15)22(25)26)21-9-7-13(2)8-10-21/h5-6,11,13-14H,4,7-10,12H2,1-3H3,(H,20,23). The van der Waals surface area contributed by atoms with Gasteiger partial charge in [0.2, 0.25) is 0 Å². The van der Waals surface area contributed by atoms with Crippen molar-refractivity contribution in [1.29, 1.82) is 0 Å². The summed E-state index contributed by atoms with van der Waals surface area (Å²) >= 11 is 0. The summed E-state index contributed by atoms with van der Waals surface area (Å²) in [4.78, 5) is 36.9.